The van der Waals surface area contributed by atoms with Crippen molar-refractivity contribution in [2.75, 3.05) is 45.9 Å². The highest BCUT2D eigenvalue weighted by Gasteiger charge is 2.46. The third-order valence-electron chi connectivity index (χ3n) is 6.45. The number of rotatable bonds is 3. The Morgan fingerprint density at radius 3 is 2.57 bits per heavy atom. The Morgan fingerprint density at radius 1 is 1.14 bits per heavy atom. The maximum atomic E-state index is 6.30. The van der Waals surface area contributed by atoms with Gasteiger partial charge in [-0.2, -0.15) is 0 Å². The first-order valence-electron chi connectivity index (χ1n) is 8.92. The van der Waals surface area contributed by atoms with Crippen LogP contribution in [-0.4, -0.2) is 67.3 Å². The summed E-state index contributed by atoms with van der Waals surface area (Å²) in [5, 5.41) is 0. The van der Waals surface area contributed by atoms with Crippen LogP contribution in [-0.2, 0) is 4.74 Å². The molecule has 0 aromatic heterocycles. The van der Waals surface area contributed by atoms with Crippen molar-refractivity contribution < 1.29 is 4.74 Å². The van der Waals surface area contributed by atoms with Gasteiger partial charge in [0.1, 0.15) is 0 Å². The third kappa shape index (κ3) is 3.00. The lowest BCUT2D eigenvalue weighted by Crippen LogP contribution is -2.60. The summed E-state index contributed by atoms with van der Waals surface area (Å²) in [6.45, 7) is 12.2. The molecule has 4 nitrogen and oxygen atoms in total. The van der Waals surface area contributed by atoms with Crippen LogP contribution < -0.4 is 5.73 Å². The quantitative estimate of drug-likeness (QED) is 0.858. The van der Waals surface area contributed by atoms with E-state index in [4.69, 9.17) is 10.5 Å². The van der Waals surface area contributed by atoms with E-state index in [1.165, 1.54) is 38.8 Å². The highest BCUT2D eigenvalue weighted by Crippen LogP contribution is 2.42. The van der Waals surface area contributed by atoms with Gasteiger partial charge in [-0.05, 0) is 37.5 Å². The lowest BCUT2D eigenvalue weighted by atomic mass is 9.69. The zero-order valence-corrected chi connectivity index (χ0v) is 13.9. The molecule has 3 fully saturated rings. The number of morpholine rings is 1. The van der Waals surface area contributed by atoms with Crippen molar-refractivity contribution >= 4 is 0 Å². The van der Waals surface area contributed by atoms with E-state index in [0.29, 0.717) is 0 Å². The Bertz CT molecular complexity index is 345. The predicted molar refractivity (Wildman–Crippen MR) is 86.3 cm³/mol. The topological polar surface area (TPSA) is 41.7 Å². The van der Waals surface area contributed by atoms with Gasteiger partial charge in [-0.3, -0.25) is 9.80 Å². The van der Waals surface area contributed by atoms with E-state index in [9.17, 15) is 0 Å². The van der Waals surface area contributed by atoms with E-state index in [0.717, 1.165) is 50.7 Å². The van der Waals surface area contributed by atoms with Crippen LogP contribution in [0.25, 0.3) is 0 Å². The van der Waals surface area contributed by atoms with Gasteiger partial charge in [0.15, 0.2) is 0 Å². The Kier molecular flexibility index (Phi) is 4.89. The van der Waals surface area contributed by atoms with Gasteiger partial charge in [-0.1, -0.05) is 13.8 Å². The van der Waals surface area contributed by atoms with Crippen molar-refractivity contribution in [1.29, 1.82) is 0 Å². The summed E-state index contributed by atoms with van der Waals surface area (Å²) in [7, 11) is 0. The van der Waals surface area contributed by atoms with Gasteiger partial charge in [0, 0.05) is 44.3 Å². The van der Waals surface area contributed by atoms with Crippen molar-refractivity contribution in [3.8, 4) is 0 Å². The number of nitrogens with zero attached hydrogens (tertiary/aromatic N) is 2. The second-order valence-corrected chi connectivity index (χ2v) is 7.63. The van der Waals surface area contributed by atoms with Crippen LogP contribution in [0.3, 0.4) is 0 Å². The van der Waals surface area contributed by atoms with E-state index >= 15 is 0 Å². The summed E-state index contributed by atoms with van der Waals surface area (Å²) in [4.78, 5) is 5.40. The van der Waals surface area contributed by atoms with Gasteiger partial charge in [0.05, 0.1) is 13.2 Å². The lowest BCUT2D eigenvalue weighted by Gasteiger charge is -2.50. The molecular weight excluding hydrogens is 262 g/mol. The van der Waals surface area contributed by atoms with Gasteiger partial charge in [0.25, 0.3) is 0 Å². The monoisotopic (exact) mass is 295 g/mol. The summed E-state index contributed by atoms with van der Waals surface area (Å²) >= 11 is 0. The second kappa shape index (κ2) is 6.53. The van der Waals surface area contributed by atoms with Crippen molar-refractivity contribution in [2.24, 2.45) is 17.6 Å². The molecule has 3 rings (SSSR count). The van der Waals surface area contributed by atoms with E-state index < -0.39 is 0 Å². The molecule has 4 unspecified atom stereocenters. The molecule has 2 N–H and O–H groups in total. The third-order valence-corrected chi connectivity index (χ3v) is 6.45. The van der Waals surface area contributed by atoms with Crippen molar-refractivity contribution in [3.63, 3.8) is 0 Å². The fraction of sp³-hybridized carbons (Fsp3) is 1.00. The van der Waals surface area contributed by atoms with E-state index in [1.54, 1.807) is 0 Å². The molecule has 0 aromatic carbocycles. The second-order valence-electron chi connectivity index (χ2n) is 7.63. The first-order valence-corrected chi connectivity index (χ1v) is 8.92. The highest BCUT2D eigenvalue weighted by molar-refractivity contribution is 5.03. The summed E-state index contributed by atoms with van der Waals surface area (Å²) in [6, 6.07) is 0.726. The van der Waals surface area contributed by atoms with Gasteiger partial charge in [-0.25, -0.2) is 0 Å². The van der Waals surface area contributed by atoms with E-state index in [2.05, 4.69) is 23.6 Å². The van der Waals surface area contributed by atoms with Crippen LogP contribution >= 0.6 is 0 Å². The average molecular weight is 295 g/mol. The number of nitrogens with two attached hydrogens (primary N) is 1. The Hall–Kier alpha value is -0.160. The Balaban J connectivity index is 1.65. The normalized spacial score (nSPS) is 43.3. The average Bonchev–Trinajstić information content (AvgIpc) is 2.99. The molecule has 2 heterocycles. The van der Waals surface area contributed by atoms with Gasteiger partial charge in [-0.15, -0.1) is 0 Å². The zero-order chi connectivity index (χ0) is 14.9. The van der Waals surface area contributed by atoms with Crippen molar-refractivity contribution in [3.05, 3.63) is 0 Å². The molecular formula is C17H33N3O. The van der Waals surface area contributed by atoms with E-state index in [-0.39, 0.29) is 5.54 Å². The molecule has 3 aliphatic rings. The van der Waals surface area contributed by atoms with Crippen LogP contribution in [0.15, 0.2) is 0 Å². The molecule has 0 radical (unpaired) electrons. The minimum absolute atomic E-state index is 0.271. The molecule has 1 aliphatic carbocycles. The predicted octanol–water partition coefficient (Wildman–Crippen LogP) is 1.55. The van der Waals surface area contributed by atoms with Gasteiger partial charge < -0.3 is 10.5 Å². The fourth-order valence-corrected chi connectivity index (χ4v) is 4.97. The first-order chi connectivity index (χ1) is 10.2. The van der Waals surface area contributed by atoms with Gasteiger partial charge >= 0.3 is 0 Å². The molecule has 21 heavy (non-hydrogen) atoms. The Labute approximate surface area is 130 Å². The van der Waals surface area contributed by atoms with Crippen LogP contribution in [0.1, 0.15) is 39.5 Å². The van der Waals surface area contributed by atoms with Crippen molar-refractivity contribution in [1.82, 2.24) is 9.80 Å². The molecule has 4 heteroatoms. The molecule has 122 valence electrons. The summed E-state index contributed by atoms with van der Waals surface area (Å²) in [5.74, 6) is 1.60. The number of likely N-dealkylation sites (tertiary alicyclic amines) is 1. The number of hydrogen-bond acceptors (Lipinski definition) is 4. The molecule has 0 amide bonds. The number of ether oxygens (including phenoxy) is 1. The molecule has 2 saturated heterocycles. The summed E-state index contributed by atoms with van der Waals surface area (Å²) in [6.07, 6.45) is 5.29. The van der Waals surface area contributed by atoms with Crippen molar-refractivity contribution in [2.45, 2.75) is 51.1 Å². The maximum absolute atomic E-state index is 6.30. The van der Waals surface area contributed by atoms with Crippen LogP contribution in [0.5, 0.6) is 0 Å². The largest absolute Gasteiger partial charge is 0.379 e. The van der Waals surface area contributed by atoms with Crippen LogP contribution in [0.4, 0.5) is 0 Å². The summed E-state index contributed by atoms with van der Waals surface area (Å²) < 4.78 is 5.50. The zero-order valence-electron chi connectivity index (χ0n) is 13.9. The minimum Gasteiger partial charge on any atom is -0.379 e. The smallest absolute Gasteiger partial charge is 0.0594 e. The first kappa shape index (κ1) is 15.7. The highest BCUT2D eigenvalue weighted by atomic mass is 16.5. The molecule has 2 aliphatic heterocycles. The standard InChI is InChI=1S/C17H33N3O/c1-14-3-5-17(13-18,15(2)11-14)20-6-4-16(12-20)19-7-9-21-10-8-19/h14-16H,3-13,18H2,1-2H3. The summed E-state index contributed by atoms with van der Waals surface area (Å²) in [5.41, 5.74) is 6.57. The molecule has 1 saturated carbocycles. The minimum atomic E-state index is 0.271. The van der Waals surface area contributed by atoms with Crippen LogP contribution in [0.2, 0.25) is 0 Å². The van der Waals surface area contributed by atoms with Crippen LogP contribution in [0, 0.1) is 11.8 Å². The maximum Gasteiger partial charge on any atom is 0.0594 e. The molecule has 4 atom stereocenters. The van der Waals surface area contributed by atoms with Gasteiger partial charge in [0.2, 0.25) is 0 Å². The molecule has 0 aromatic rings. The lowest BCUT2D eigenvalue weighted by molar-refractivity contribution is -0.00375. The molecule has 0 bridgehead atoms. The molecule has 0 spiro atoms. The van der Waals surface area contributed by atoms with E-state index in [1.807, 2.05) is 0 Å². The Morgan fingerprint density at radius 2 is 1.90 bits per heavy atom. The number of hydrogen-bond donors (Lipinski definition) is 1. The fourth-order valence-electron chi connectivity index (χ4n) is 4.97. The SMILES string of the molecule is CC1CCC(CN)(N2CCC(N3CCOCC3)C2)C(C)C1.